The molecule has 2 aromatic rings. The maximum Gasteiger partial charge on any atom is 0.231 e. The maximum atomic E-state index is 12.7. The standard InChI is InChI=1S/C19H14NO5/c21-17-11-3-4-20-7-13-10(1-2-15-18(13)24-8-22-15)5-14(20)12(11)6-16-19(17)25-9-23-16/h1-2,5,7H,3-4,6,8-9H2/q+1. The molecule has 0 N–H and O–H groups in total. The number of ether oxygens (including phenoxy) is 4. The molecule has 0 saturated carbocycles. The molecule has 4 aliphatic rings. The summed E-state index contributed by atoms with van der Waals surface area (Å²) in [6, 6.07) is 6.09. The van der Waals surface area contributed by atoms with E-state index in [0.29, 0.717) is 24.4 Å². The Morgan fingerprint density at radius 2 is 1.92 bits per heavy atom. The van der Waals surface area contributed by atoms with Crippen LogP contribution in [0, 0.1) is 0 Å². The summed E-state index contributed by atoms with van der Waals surface area (Å²) in [4.78, 5) is 12.7. The quantitative estimate of drug-likeness (QED) is 0.691. The van der Waals surface area contributed by atoms with Crippen LogP contribution in [-0.2, 0) is 20.8 Å². The van der Waals surface area contributed by atoms with Crippen molar-refractivity contribution in [2.45, 2.75) is 19.4 Å². The van der Waals surface area contributed by atoms with Crippen LogP contribution in [0.4, 0.5) is 0 Å². The number of carbonyl (C=O) groups is 1. The van der Waals surface area contributed by atoms with Gasteiger partial charge in [-0.3, -0.25) is 4.79 Å². The largest absolute Gasteiger partial charge is 0.457 e. The predicted molar refractivity (Wildman–Crippen MR) is 85.5 cm³/mol. The number of allylic oxidation sites excluding steroid dienone is 2. The normalized spacial score (nSPS) is 20.2. The number of rotatable bonds is 0. The third-order valence-electron chi connectivity index (χ3n) is 5.28. The number of benzene rings is 1. The molecule has 3 aliphatic heterocycles. The molecule has 6 nitrogen and oxygen atoms in total. The van der Waals surface area contributed by atoms with Crippen LogP contribution in [0.1, 0.15) is 18.5 Å². The van der Waals surface area contributed by atoms with E-state index in [2.05, 4.69) is 16.8 Å². The minimum absolute atomic E-state index is 0.0224. The minimum Gasteiger partial charge on any atom is -0.457 e. The Morgan fingerprint density at radius 1 is 1.00 bits per heavy atom. The zero-order chi connectivity index (χ0) is 16.5. The van der Waals surface area contributed by atoms with Gasteiger partial charge in [-0.25, -0.2) is 0 Å². The molecule has 4 heterocycles. The van der Waals surface area contributed by atoms with E-state index in [0.717, 1.165) is 45.7 Å². The van der Waals surface area contributed by atoms with Gasteiger partial charge in [0.15, 0.2) is 30.0 Å². The first kappa shape index (κ1) is 13.3. The number of Topliss-reactive ketones (excluding diaryl/α,β-unsaturated/α-hetero) is 1. The number of hydrogen-bond donors (Lipinski definition) is 0. The molecule has 1 aliphatic carbocycles. The molecular weight excluding hydrogens is 322 g/mol. The van der Waals surface area contributed by atoms with Crippen LogP contribution < -0.4 is 14.0 Å². The van der Waals surface area contributed by atoms with Gasteiger partial charge in [-0.15, -0.1) is 0 Å². The SMILES string of the molecule is O=C1C2=C(CC3=C1OCO3)c1cc3ccc4c(c3c[n+]1CC2)OCO4. The lowest BCUT2D eigenvalue weighted by Crippen LogP contribution is -2.42. The first-order valence-electron chi connectivity index (χ1n) is 8.31. The smallest absolute Gasteiger partial charge is 0.231 e. The van der Waals surface area contributed by atoms with Crippen LogP contribution in [0.25, 0.3) is 16.3 Å². The van der Waals surface area contributed by atoms with Gasteiger partial charge in [-0.05, 0) is 17.5 Å². The summed E-state index contributed by atoms with van der Waals surface area (Å²) in [5.41, 5.74) is 2.95. The van der Waals surface area contributed by atoms with Gasteiger partial charge in [-0.2, -0.15) is 4.57 Å². The summed E-state index contributed by atoms with van der Waals surface area (Å²) in [6.45, 7) is 1.15. The number of aromatic nitrogens is 1. The number of fused-ring (bicyclic) bond motifs is 5. The Hall–Kier alpha value is -3.02. The molecular formula is C19H14NO5+. The zero-order valence-electron chi connectivity index (χ0n) is 13.3. The molecule has 6 rings (SSSR count). The lowest BCUT2D eigenvalue weighted by atomic mass is 9.86. The first-order valence-corrected chi connectivity index (χ1v) is 8.31. The minimum atomic E-state index is -0.0224. The number of hydrogen-bond acceptors (Lipinski definition) is 5. The van der Waals surface area contributed by atoms with Crippen molar-refractivity contribution in [3.8, 4) is 11.5 Å². The average Bonchev–Trinajstić information content (AvgIpc) is 3.29. The van der Waals surface area contributed by atoms with Gasteiger partial charge in [0.25, 0.3) is 0 Å². The van der Waals surface area contributed by atoms with Crippen LogP contribution >= 0.6 is 0 Å². The Morgan fingerprint density at radius 3 is 2.88 bits per heavy atom. The molecule has 1 aromatic heterocycles. The van der Waals surface area contributed by atoms with E-state index in [4.69, 9.17) is 18.9 Å². The summed E-state index contributed by atoms with van der Waals surface area (Å²) < 4.78 is 24.2. The van der Waals surface area contributed by atoms with Crippen molar-refractivity contribution in [1.82, 2.24) is 0 Å². The number of pyridine rings is 1. The highest BCUT2D eigenvalue weighted by atomic mass is 16.7. The van der Waals surface area contributed by atoms with Crippen molar-refractivity contribution in [3.05, 3.63) is 47.2 Å². The number of nitrogens with zero attached hydrogens (tertiary/aromatic N) is 1. The Kier molecular flexibility index (Phi) is 2.41. The van der Waals surface area contributed by atoms with E-state index in [9.17, 15) is 4.79 Å². The van der Waals surface area contributed by atoms with Gasteiger partial charge in [-0.1, -0.05) is 0 Å². The van der Waals surface area contributed by atoms with Crippen LogP contribution in [0.15, 0.2) is 41.5 Å². The van der Waals surface area contributed by atoms with Gasteiger partial charge in [0.1, 0.15) is 0 Å². The molecule has 0 bridgehead atoms. The lowest BCUT2D eigenvalue weighted by molar-refractivity contribution is -0.698. The van der Waals surface area contributed by atoms with E-state index in [1.807, 2.05) is 12.1 Å². The highest BCUT2D eigenvalue weighted by molar-refractivity contribution is 6.14. The van der Waals surface area contributed by atoms with Crippen molar-refractivity contribution in [3.63, 3.8) is 0 Å². The summed E-state index contributed by atoms with van der Waals surface area (Å²) in [5.74, 6) is 2.61. The van der Waals surface area contributed by atoms with Crippen molar-refractivity contribution in [2.24, 2.45) is 0 Å². The molecule has 0 radical (unpaired) electrons. The third-order valence-corrected chi connectivity index (χ3v) is 5.28. The Balaban J connectivity index is 1.56. The first-order chi connectivity index (χ1) is 12.3. The molecule has 6 heteroatoms. The maximum absolute atomic E-state index is 12.7. The fourth-order valence-corrected chi connectivity index (χ4v) is 4.08. The highest BCUT2D eigenvalue weighted by Gasteiger charge is 2.40. The van der Waals surface area contributed by atoms with Crippen molar-refractivity contribution < 1.29 is 28.3 Å². The summed E-state index contributed by atoms with van der Waals surface area (Å²) in [7, 11) is 0. The molecule has 25 heavy (non-hydrogen) atoms. The molecule has 0 unspecified atom stereocenters. The summed E-state index contributed by atoms with van der Waals surface area (Å²) in [6.07, 6.45) is 3.40. The van der Waals surface area contributed by atoms with Crippen LogP contribution in [-0.4, -0.2) is 19.4 Å². The number of aryl methyl sites for hydroxylation is 1. The van der Waals surface area contributed by atoms with E-state index < -0.39 is 0 Å². The van der Waals surface area contributed by atoms with Gasteiger partial charge >= 0.3 is 0 Å². The molecule has 0 spiro atoms. The molecule has 1 aromatic carbocycles. The van der Waals surface area contributed by atoms with Gasteiger partial charge < -0.3 is 18.9 Å². The number of carbonyl (C=O) groups excluding carboxylic acids is 1. The third kappa shape index (κ3) is 1.68. The fourth-order valence-electron chi connectivity index (χ4n) is 4.08. The molecule has 0 saturated heterocycles. The van der Waals surface area contributed by atoms with Crippen molar-refractivity contribution in [2.75, 3.05) is 13.6 Å². The highest BCUT2D eigenvalue weighted by Crippen LogP contribution is 2.42. The molecule has 0 amide bonds. The molecule has 124 valence electrons. The van der Waals surface area contributed by atoms with Crippen molar-refractivity contribution in [1.29, 1.82) is 0 Å². The van der Waals surface area contributed by atoms with Crippen LogP contribution in [0.3, 0.4) is 0 Å². The Labute approximate surface area is 142 Å². The van der Waals surface area contributed by atoms with E-state index in [-0.39, 0.29) is 19.4 Å². The molecule has 0 fully saturated rings. The number of ketones is 1. The molecule has 0 atom stereocenters. The second kappa shape index (κ2) is 4.53. The lowest BCUT2D eigenvalue weighted by Gasteiger charge is -2.22. The van der Waals surface area contributed by atoms with E-state index in [1.165, 1.54) is 0 Å². The average molecular weight is 336 g/mol. The summed E-state index contributed by atoms with van der Waals surface area (Å²) in [5, 5.41) is 2.10. The van der Waals surface area contributed by atoms with Crippen LogP contribution in [0.5, 0.6) is 11.5 Å². The summed E-state index contributed by atoms with van der Waals surface area (Å²) >= 11 is 0. The second-order valence-corrected chi connectivity index (χ2v) is 6.53. The van der Waals surface area contributed by atoms with Crippen molar-refractivity contribution >= 4 is 22.1 Å². The topological polar surface area (TPSA) is 57.9 Å². The van der Waals surface area contributed by atoms with Gasteiger partial charge in [0.2, 0.25) is 30.8 Å². The second-order valence-electron chi connectivity index (χ2n) is 6.53. The van der Waals surface area contributed by atoms with Crippen LogP contribution in [0.2, 0.25) is 0 Å². The zero-order valence-corrected chi connectivity index (χ0v) is 13.3. The van der Waals surface area contributed by atoms with Gasteiger partial charge in [0.05, 0.1) is 5.39 Å². The van der Waals surface area contributed by atoms with Gasteiger partial charge in [0, 0.05) is 30.1 Å². The Bertz CT molecular complexity index is 1050. The predicted octanol–water partition coefficient (Wildman–Crippen LogP) is 2.20. The van der Waals surface area contributed by atoms with E-state index in [1.54, 1.807) is 0 Å². The van der Waals surface area contributed by atoms with E-state index >= 15 is 0 Å². The monoisotopic (exact) mass is 336 g/mol. The fraction of sp³-hybridized carbons (Fsp3) is 0.263.